The van der Waals surface area contributed by atoms with Crippen LogP contribution in [0.5, 0.6) is 5.75 Å². The van der Waals surface area contributed by atoms with E-state index in [9.17, 15) is 18.3 Å². The standard InChI is InChI=1S/C19H26ClN7O4.CH4O3S/c20-15-17(22)26-16(21)14(25-15)18(30)27-19(23)24-8-2-1-3-11-4-6-13(7-5-11)31-10-12(29)9-28;1-5(2,3)4/h4-7,12,28-29H,1-3,8-10H2,(H4,21,22,26)(H3,23,24,27,30);1H3,(H,2,3,4). The number of nitrogens with one attached hydrogen (secondary N) is 1. The van der Waals surface area contributed by atoms with E-state index in [1.807, 2.05) is 24.3 Å². The van der Waals surface area contributed by atoms with Crippen LogP contribution in [0.4, 0.5) is 11.6 Å². The van der Waals surface area contributed by atoms with E-state index < -0.39 is 22.1 Å². The fourth-order valence-electron chi connectivity index (χ4n) is 2.46. The Bertz CT molecular complexity index is 1120. The van der Waals surface area contributed by atoms with Crippen molar-refractivity contribution in [2.24, 2.45) is 10.7 Å². The SMILES string of the molecule is CS(=O)(=O)O.NC(=NCCCCc1ccc(OCC(O)CO)cc1)NC(=O)c1nc(Cl)c(N)nc1N. The Hall–Kier alpha value is -3.24. The Labute approximate surface area is 213 Å². The molecule has 0 radical (unpaired) electrons. The first kappa shape index (κ1) is 30.8. The van der Waals surface area contributed by atoms with Gasteiger partial charge in [-0.05, 0) is 37.0 Å². The number of aliphatic hydroxyl groups is 2. The van der Waals surface area contributed by atoms with Gasteiger partial charge in [-0.15, -0.1) is 0 Å². The van der Waals surface area contributed by atoms with Crippen molar-refractivity contribution in [2.75, 3.05) is 37.5 Å². The lowest BCUT2D eigenvalue weighted by Gasteiger charge is -2.10. The molecular formula is C20H30ClN7O7S. The van der Waals surface area contributed by atoms with E-state index in [0.717, 1.165) is 24.8 Å². The molecule has 10 N–H and O–H groups in total. The maximum atomic E-state index is 12.2. The molecular weight excluding hydrogens is 518 g/mol. The van der Waals surface area contributed by atoms with Crippen LogP contribution in [0.3, 0.4) is 0 Å². The lowest BCUT2D eigenvalue weighted by molar-refractivity contribution is 0.0536. The number of carbonyl (C=O) groups excluding carboxylic acids is 1. The van der Waals surface area contributed by atoms with Gasteiger partial charge in [0.25, 0.3) is 16.0 Å². The minimum Gasteiger partial charge on any atom is -0.491 e. The number of hydrogen-bond acceptors (Lipinski definition) is 11. The van der Waals surface area contributed by atoms with Gasteiger partial charge in [0.15, 0.2) is 28.4 Å². The zero-order valence-electron chi connectivity index (χ0n) is 19.5. The fourth-order valence-corrected chi connectivity index (χ4v) is 2.59. The second-order valence-electron chi connectivity index (χ2n) is 7.34. The van der Waals surface area contributed by atoms with Gasteiger partial charge in [0.05, 0.1) is 12.9 Å². The molecule has 0 spiro atoms. The third-order valence-electron chi connectivity index (χ3n) is 4.09. The van der Waals surface area contributed by atoms with E-state index in [2.05, 4.69) is 20.3 Å². The Morgan fingerprint density at radius 1 is 1.19 bits per heavy atom. The molecule has 1 amide bonds. The molecule has 200 valence electrons. The van der Waals surface area contributed by atoms with E-state index in [4.69, 9.17) is 43.2 Å². The average molecular weight is 548 g/mol. The highest BCUT2D eigenvalue weighted by molar-refractivity contribution is 7.85. The lowest BCUT2D eigenvalue weighted by atomic mass is 10.1. The number of nitrogens with zero attached hydrogens (tertiary/aromatic N) is 3. The molecule has 2 aromatic rings. The number of aryl methyl sites for hydroxylation is 1. The molecule has 2 rings (SSSR count). The Morgan fingerprint density at radius 3 is 2.39 bits per heavy atom. The maximum Gasteiger partial charge on any atom is 0.280 e. The summed E-state index contributed by atoms with van der Waals surface area (Å²) in [5.74, 6) is -0.349. The zero-order valence-corrected chi connectivity index (χ0v) is 21.0. The van der Waals surface area contributed by atoms with Gasteiger partial charge in [-0.25, -0.2) is 9.97 Å². The number of aliphatic imine (C=N–C) groups is 1. The molecule has 14 nitrogen and oxygen atoms in total. The van der Waals surface area contributed by atoms with Gasteiger partial charge in [-0.3, -0.25) is 19.7 Å². The summed E-state index contributed by atoms with van der Waals surface area (Å²) in [7, 11) is -3.67. The predicted octanol–water partition coefficient (Wildman–Crippen LogP) is -0.402. The summed E-state index contributed by atoms with van der Waals surface area (Å²) in [5, 5.41) is 20.3. The molecule has 1 atom stereocenters. The van der Waals surface area contributed by atoms with Crippen LogP contribution in [0.2, 0.25) is 5.15 Å². The number of nitrogen functional groups attached to an aromatic ring is 2. The number of halogens is 1. The van der Waals surface area contributed by atoms with Crippen molar-refractivity contribution in [3.05, 3.63) is 40.7 Å². The smallest absolute Gasteiger partial charge is 0.280 e. The molecule has 0 bridgehead atoms. The second kappa shape index (κ2) is 15.0. The van der Waals surface area contributed by atoms with Crippen molar-refractivity contribution < 1.29 is 32.7 Å². The van der Waals surface area contributed by atoms with Gasteiger partial charge in [-0.2, -0.15) is 8.42 Å². The maximum absolute atomic E-state index is 12.2. The second-order valence-corrected chi connectivity index (χ2v) is 9.16. The normalized spacial score (nSPS) is 12.3. The van der Waals surface area contributed by atoms with Crippen LogP contribution in [0.1, 0.15) is 28.9 Å². The van der Waals surface area contributed by atoms with Gasteiger partial charge < -0.3 is 32.2 Å². The van der Waals surface area contributed by atoms with Crippen molar-refractivity contribution in [3.8, 4) is 5.75 Å². The monoisotopic (exact) mass is 547 g/mol. The molecule has 1 aromatic heterocycles. The summed E-state index contributed by atoms with van der Waals surface area (Å²) < 4.78 is 31.2. The number of unbranched alkanes of at least 4 members (excludes halogenated alkanes) is 1. The molecule has 16 heteroatoms. The number of ether oxygens (including phenoxy) is 1. The Kier molecular flexibility index (Phi) is 12.8. The number of aromatic nitrogens is 2. The van der Waals surface area contributed by atoms with Crippen molar-refractivity contribution >= 4 is 45.2 Å². The highest BCUT2D eigenvalue weighted by Gasteiger charge is 2.16. The third kappa shape index (κ3) is 13.0. The van der Waals surface area contributed by atoms with Crippen molar-refractivity contribution in [3.63, 3.8) is 0 Å². The molecule has 1 heterocycles. The van der Waals surface area contributed by atoms with Crippen molar-refractivity contribution in [2.45, 2.75) is 25.4 Å². The molecule has 1 aromatic carbocycles. The van der Waals surface area contributed by atoms with Crippen molar-refractivity contribution in [1.82, 2.24) is 15.3 Å². The lowest BCUT2D eigenvalue weighted by Crippen LogP contribution is -2.38. The quantitative estimate of drug-likeness (QED) is 0.0867. The fraction of sp³-hybridized carbons (Fsp3) is 0.400. The Morgan fingerprint density at radius 2 is 1.81 bits per heavy atom. The number of rotatable bonds is 10. The van der Waals surface area contributed by atoms with Gasteiger partial charge in [0, 0.05) is 6.54 Å². The topological polar surface area (TPSA) is 249 Å². The van der Waals surface area contributed by atoms with E-state index in [1.165, 1.54) is 0 Å². The number of anilines is 2. The summed E-state index contributed by atoms with van der Waals surface area (Å²) in [4.78, 5) is 23.8. The largest absolute Gasteiger partial charge is 0.491 e. The van der Waals surface area contributed by atoms with Gasteiger partial charge in [-0.1, -0.05) is 23.7 Å². The van der Waals surface area contributed by atoms with E-state index in [-0.39, 0.29) is 41.7 Å². The predicted molar refractivity (Wildman–Crippen MR) is 135 cm³/mol. The van der Waals surface area contributed by atoms with Gasteiger partial charge >= 0.3 is 0 Å². The molecule has 0 saturated heterocycles. The molecule has 0 aliphatic heterocycles. The first-order chi connectivity index (χ1) is 16.8. The van der Waals surface area contributed by atoms with Crippen LogP contribution in [-0.4, -0.2) is 77.1 Å². The zero-order chi connectivity index (χ0) is 27.3. The summed E-state index contributed by atoms with van der Waals surface area (Å²) in [6, 6.07) is 7.48. The van der Waals surface area contributed by atoms with Crippen LogP contribution in [0.25, 0.3) is 0 Å². The third-order valence-corrected chi connectivity index (χ3v) is 4.37. The first-order valence-electron chi connectivity index (χ1n) is 10.4. The summed E-state index contributed by atoms with van der Waals surface area (Å²) in [6.45, 7) is 0.124. The number of hydrogen-bond donors (Lipinski definition) is 7. The van der Waals surface area contributed by atoms with Crippen LogP contribution in [0.15, 0.2) is 29.3 Å². The van der Waals surface area contributed by atoms with Crippen LogP contribution in [0, 0.1) is 0 Å². The average Bonchev–Trinajstić information content (AvgIpc) is 2.79. The van der Waals surface area contributed by atoms with Crippen LogP contribution in [-0.2, 0) is 16.5 Å². The van der Waals surface area contributed by atoms with Crippen LogP contribution < -0.4 is 27.3 Å². The minimum atomic E-state index is -3.67. The summed E-state index contributed by atoms with van der Waals surface area (Å²) in [5.41, 5.74) is 17.8. The summed E-state index contributed by atoms with van der Waals surface area (Å²) >= 11 is 5.76. The van der Waals surface area contributed by atoms with Crippen LogP contribution >= 0.6 is 11.6 Å². The van der Waals surface area contributed by atoms with E-state index in [1.54, 1.807) is 0 Å². The highest BCUT2D eigenvalue weighted by atomic mass is 35.5. The van der Waals surface area contributed by atoms with E-state index in [0.29, 0.717) is 18.6 Å². The summed E-state index contributed by atoms with van der Waals surface area (Å²) in [6.07, 6.45) is 2.27. The highest BCUT2D eigenvalue weighted by Crippen LogP contribution is 2.17. The van der Waals surface area contributed by atoms with E-state index >= 15 is 0 Å². The number of aliphatic hydroxyl groups excluding tert-OH is 2. The first-order valence-corrected chi connectivity index (χ1v) is 12.7. The minimum absolute atomic E-state index is 0.0380. The Balaban J connectivity index is 0.00000118. The molecule has 0 aliphatic rings. The molecule has 0 saturated carbocycles. The molecule has 1 unspecified atom stereocenters. The number of benzene rings is 1. The number of nitrogens with two attached hydrogens (primary N) is 3. The molecule has 36 heavy (non-hydrogen) atoms. The van der Waals surface area contributed by atoms with Crippen molar-refractivity contribution in [1.29, 1.82) is 0 Å². The van der Waals surface area contributed by atoms with Gasteiger partial charge in [0.1, 0.15) is 18.5 Å². The number of guanidine groups is 1. The number of carbonyl (C=O) groups is 1. The molecule has 0 aliphatic carbocycles. The molecule has 0 fully saturated rings. The van der Waals surface area contributed by atoms with Gasteiger partial charge in [0.2, 0.25) is 0 Å². The number of amides is 1.